The molecule has 0 bridgehead atoms. The summed E-state index contributed by atoms with van der Waals surface area (Å²) < 4.78 is 22.7. The molecule has 2 rings (SSSR count). The third-order valence-electron chi connectivity index (χ3n) is 11.4. The predicted molar refractivity (Wildman–Crippen MR) is 231 cm³/mol. The van der Waals surface area contributed by atoms with Gasteiger partial charge in [0.1, 0.15) is 48.8 Å². The molecule has 0 radical (unpaired) electrons. The van der Waals surface area contributed by atoms with Crippen molar-refractivity contribution in [1.29, 1.82) is 0 Å². The number of ether oxygens (including phenoxy) is 4. The van der Waals surface area contributed by atoms with Gasteiger partial charge in [0, 0.05) is 6.42 Å². The van der Waals surface area contributed by atoms with Crippen LogP contribution < -0.4 is 5.32 Å². The maximum Gasteiger partial charge on any atom is 0.220 e. The molecule has 12 unspecified atom stereocenters. The molecule has 2 aliphatic heterocycles. The molecule has 0 aromatic heterocycles. The Labute approximate surface area is 360 Å². The van der Waals surface area contributed by atoms with Crippen LogP contribution in [-0.2, 0) is 23.7 Å². The molecule has 0 saturated carbocycles. The van der Waals surface area contributed by atoms with Gasteiger partial charge in [-0.3, -0.25) is 4.79 Å². The Bertz CT molecular complexity index is 1150. The van der Waals surface area contributed by atoms with Crippen molar-refractivity contribution in [3.63, 3.8) is 0 Å². The summed E-state index contributed by atoms with van der Waals surface area (Å²) in [6, 6.07) is -0.841. The van der Waals surface area contributed by atoms with Crippen LogP contribution in [0.1, 0.15) is 155 Å². The number of nitrogens with one attached hydrogen (secondary N) is 1. The zero-order valence-electron chi connectivity index (χ0n) is 36.7. The van der Waals surface area contributed by atoms with Crippen molar-refractivity contribution >= 4 is 5.91 Å². The van der Waals surface area contributed by atoms with Crippen molar-refractivity contribution in [2.75, 3.05) is 19.8 Å². The van der Waals surface area contributed by atoms with Crippen molar-refractivity contribution in [1.82, 2.24) is 5.32 Å². The van der Waals surface area contributed by atoms with Gasteiger partial charge in [0.15, 0.2) is 12.6 Å². The van der Waals surface area contributed by atoms with E-state index in [9.17, 15) is 45.6 Å². The van der Waals surface area contributed by atoms with Gasteiger partial charge >= 0.3 is 0 Å². The first kappa shape index (κ1) is 54.3. The third-order valence-corrected chi connectivity index (χ3v) is 11.4. The molecule has 2 heterocycles. The summed E-state index contributed by atoms with van der Waals surface area (Å²) in [4.78, 5) is 13.1. The molecular weight excluding hydrogens is 774 g/mol. The Morgan fingerprint density at radius 2 is 1.15 bits per heavy atom. The molecule has 14 heteroatoms. The van der Waals surface area contributed by atoms with Crippen molar-refractivity contribution in [3.8, 4) is 0 Å². The number of carbonyl (C=O) groups is 1. The molecule has 9 N–H and O–H groups in total. The van der Waals surface area contributed by atoms with Crippen LogP contribution in [0.15, 0.2) is 36.5 Å². The number of aliphatic hydroxyl groups excluding tert-OH is 8. The van der Waals surface area contributed by atoms with Gasteiger partial charge in [0.05, 0.1) is 32.0 Å². The van der Waals surface area contributed by atoms with Gasteiger partial charge in [-0.05, 0) is 44.9 Å². The van der Waals surface area contributed by atoms with Crippen LogP contribution in [0.4, 0.5) is 0 Å². The van der Waals surface area contributed by atoms with E-state index >= 15 is 0 Å². The van der Waals surface area contributed by atoms with E-state index in [4.69, 9.17) is 18.9 Å². The Morgan fingerprint density at radius 1 is 0.617 bits per heavy atom. The maximum absolute atomic E-state index is 13.1. The maximum atomic E-state index is 13.1. The molecule has 1 amide bonds. The molecular formula is C46H83NO13. The predicted octanol–water partition coefficient (Wildman–Crippen LogP) is 4.76. The standard InChI is InChI=1S/C46H83NO13/c1-3-5-7-9-11-13-15-17-19-21-23-25-27-29-35(50)34(47-38(51)30-28-26-24-22-20-18-16-14-12-10-8-6-4-2)33-57-45-43(56)41(54)44(37(32-49)59-45)60-46-42(55)40(53)39(52)36(31-48)58-46/h6,8,12,14,18,20,34-37,39-46,48-50,52-56H,3-5,7,9-11,13,15-17,19,21-33H2,1-2H3,(H,47,51)/b8-6-,14-12-,20-18-. The Morgan fingerprint density at radius 3 is 1.75 bits per heavy atom. The number of aliphatic hydroxyl groups is 8. The number of allylic oxidation sites excluding steroid dienone is 6. The Balaban J connectivity index is 1.90. The van der Waals surface area contributed by atoms with Crippen molar-refractivity contribution in [3.05, 3.63) is 36.5 Å². The number of rotatable bonds is 34. The highest BCUT2D eigenvalue weighted by Gasteiger charge is 2.51. The summed E-state index contributed by atoms with van der Waals surface area (Å²) in [5.41, 5.74) is 0. The monoisotopic (exact) mass is 858 g/mol. The van der Waals surface area contributed by atoms with E-state index in [1.165, 1.54) is 57.8 Å². The normalized spacial score (nSPS) is 28.6. The molecule has 0 spiro atoms. The van der Waals surface area contributed by atoms with Crippen molar-refractivity contribution in [2.45, 2.75) is 229 Å². The van der Waals surface area contributed by atoms with Gasteiger partial charge in [0.2, 0.25) is 5.91 Å². The third kappa shape index (κ3) is 21.5. The highest BCUT2D eigenvalue weighted by molar-refractivity contribution is 5.76. The number of hydrogen-bond acceptors (Lipinski definition) is 13. The average molecular weight is 858 g/mol. The molecule has 0 aliphatic carbocycles. The summed E-state index contributed by atoms with van der Waals surface area (Å²) in [7, 11) is 0. The second-order valence-electron chi connectivity index (χ2n) is 16.5. The lowest BCUT2D eigenvalue weighted by molar-refractivity contribution is -0.359. The van der Waals surface area contributed by atoms with Gasteiger partial charge in [-0.2, -0.15) is 0 Å². The minimum Gasteiger partial charge on any atom is -0.394 e. The SMILES string of the molecule is CC/C=C\C/C=C\C/C=C\CCCCCC(=O)NC(COC1OC(CO)C(OC2OC(CO)C(O)C(O)C2O)C(O)C1O)C(O)CCCCCCCCCCCCCCC. The minimum atomic E-state index is -1.78. The number of unbranched alkanes of at least 4 members (excludes halogenated alkanes) is 15. The second kappa shape index (κ2) is 33.7. The highest BCUT2D eigenvalue weighted by atomic mass is 16.7. The van der Waals surface area contributed by atoms with Gasteiger partial charge < -0.3 is 65.1 Å². The molecule has 2 saturated heterocycles. The van der Waals surface area contributed by atoms with Gasteiger partial charge in [0.25, 0.3) is 0 Å². The Hall–Kier alpha value is -1.79. The molecule has 60 heavy (non-hydrogen) atoms. The number of carbonyl (C=O) groups excluding carboxylic acids is 1. The fraction of sp³-hybridized carbons (Fsp3) is 0.848. The first-order valence-electron chi connectivity index (χ1n) is 23.2. The van der Waals surface area contributed by atoms with E-state index in [0.717, 1.165) is 64.2 Å². The summed E-state index contributed by atoms with van der Waals surface area (Å²) in [6.07, 6.45) is 18.7. The summed E-state index contributed by atoms with van der Waals surface area (Å²) in [5.74, 6) is -0.239. The number of amides is 1. The zero-order valence-corrected chi connectivity index (χ0v) is 36.7. The van der Waals surface area contributed by atoms with E-state index < -0.39 is 86.8 Å². The molecule has 0 aromatic rings. The molecule has 2 aliphatic rings. The zero-order chi connectivity index (χ0) is 44.0. The summed E-state index contributed by atoms with van der Waals surface area (Å²) >= 11 is 0. The minimum absolute atomic E-state index is 0.239. The van der Waals surface area contributed by atoms with E-state index in [0.29, 0.717) is 12.8 Å². The second-order valence-corrected chi connectivity index (χ2v) is 16.5. The highest BCUT2D eigenvalue weighted by Crippen LogP contribution is 2.30. The quantitative estimate of drug-likeness (QED) is 0.0315. The van der Waals surface area contributed by atoms with Gasteiger partial charge in [-0.15, -0.1) is 0 Å². The molecule has 0 aromatic carbocycles. The number of hydrogen-bond donors (Lipinski definition) is 9. The fourth-order valence-corrected chi connectivity index (χ4v) is 7.54. The van der Waals surface area contributed by atoms with E-state index in [1.807, 2.05) is 0 Å². The Kier molecular flexibility index (Phi) is 30.5. The van der Waals surface area contributed by atoms with E-state index in [2.05, 4.69) is 55.6 Å². The van der Waals surface area contributed by atoms with Crippen LogP contribution in [0.3, 0.4) is 0 Å². The van der Waals surface area contributed by atoms with Crippen LogP contribution in [0.2, 0.25) is 0 Å². The van der Waals surface area contributed by atoms with Crippen LogP contribution in [0.5, 0.6) is 0 Å². The molecule has 350 valence electrons. The van der Waals surface area contributed by atoms with Crippen LogP contribution in [0.25, 0.3) is 0 Å². The first-order valence-corrected chi connectivity index (χ1v) is 23.2. The fourth-order valence-electron chi connectivity index (χ4n) is 7.54. The molecule has 12 atom stereocenters. The summed E-state index contributed by atoms with van der Waals surface area (Å²) in [6.45, 7) is 2.68. The van der Waals surface area contributed by atoms with Crippen LogP contribution in [0, 0.1) is 0 Å². The van der Waals surface area contributed by atoms with E-state index in [1.54, 1.807) is 0 Å². The van der Waals surface area contributed by atoms with Gasteiger partial charge in [-0.25, -0.2) is 0 Å². The lowest BCUT2D eigenvalue weighted by Gasteiger charge is -2.46. The largest absolute Gasteiger partial charge is 0.394 e. The summed E-state index contributed by atoms with van der Waals surface area (Å²) in [5, 5.41) is 86.6. The topological polar surface area (TPSA) is 228 Å². The molecule has 2 fully saturated rings. The van der Waals surface area contributed by atoms with Crippen molar-refractivity contribution in [2.24, 2.45) is 0 Å². The van der Waals surface area contributed by atoms with Crippen LogP contribution >= 0.6 is 0 Å². The van der Waals surface area contributed by atoms with E-state index in [-0.39, 0.29) is 18.9 Å². The average Bonchev–Trinajstić information content (AvgIpc) is 3.24. The smallest absolute Gasteiger partial charge is 0.220 e. The lowest BCUT2D eigenvalue weighted by Crippen LogP contribution is -2.65. The van der Waals surface area contributed by atoms with Crippen LogP contribution in [-0.4, -0.2) is 140 Å². The first-order chi connectivity index (χ1) is 29.1. The lowest BCUT2D eigenvalue weighted by atomic mass is 9.97. The van der Waals surface area contributed by atoms with Gasteiger partial charge in [-0.1, -0.05) is 140 Å². The molecule has 14 nitrogen and oxygen atoms in total. The van der Waals surface area contributed by atoms with Crippen molar-refractivity contribution < 1.29 is 64.6 Å².